The molecular weight excluding hydrogens is 304 g/mol. The molecule has 0 unspecified atom stereocenters. The minimum absolute atomic E-state index is 0.203. The second kappa shape index (κ2) is 6.48. The molecule has 3 rings (SSSR count). The number of rotatable bonds is 4. The number of halogens is 1. The van der Waals surface area contributed by atoms with Gasteiger partial charge in [-0.05, 0) is 43.7 Å². The summed E-state index contributed by atoms with van der Waals surface area (Å²) in [6.45, 7) is 0.531. The number of aromatic nitrogens is 2. The van der Waals surface area contributed by atoms with Crippen molar-refractivity contribution in [2.75, 3.05) is 6.61 Å². The maximum absolute atomic E-state index is 11.0. The molecule has 0 spiro atoms. The molecule has 0 atom stereocenters. The SMILES string of the molecule is O=C(O)[C@H]1CC[C@@H](COc2nc(Cl)cc3ncccc23)CC1. The summed E-state index contributed by atoms with van der Waals surface area (Å²) in [5.74, 6) is -0.0300. The van der Waals surface area contributed by atoms with Gasteiger partial charge in [0.25, 0.3) is 0 Å². The maximum Gasteiger partial charge on any atom is 0.306 e. The van der Waals surface area contributed by atoms with E-state index < -0.39 is 5.97 Å². The van der Waals surface area contributed by atoms with E-state index in [1.807, 2.05) is 12.1 Å². The lowest BCUT2D eigenvalue weighted by Gasteiger charge is -2.25. The molecule has 22 heavy (non-hydrogen) atoms. The largest absolute Gasteiger partial charge is 0.481 e. The predicted molar refractivity (Wildman–Crippen MR) is 83.1 cm³/mol. The Balaban J connectivity index is 1.66. The van der Waals surface area contributed by atoms with E-state index in [0.717, 1.165) is 23.7 Å². The first-order valence-corrected chi connectivity index (χ1v) is 7.78. The second-order valence-corrected chi connectivity index (χ2v) is 6.07. The van der Waals surface area contributed by atoms with Gasteiger partial charge < -0.3 is 9.84 Å². The van der Waals surface area contributed by atoms with Crippen LogP contribution in [0.4, 0.5) is 0 Å². The predicted octanol–water partition coefficient (Wildman–Crippen LogP) is 3.55. The fraction of sp³-hybridized carbons (Fsp3) is 0.438. The average Bonchev–Trinajstić information content (AvgIpc) is 2.52. The Morgan fingerprint density at radius 3 is 2.86 bits per heavy atom. The Labute approximate surface area is 133 Å². The smallest absolute Gasteiger partial charge is 0.306 e. The molecule has 0 aromatic carbocycles. The third-order valence-corrected chi connectivity index (χ3v) is 4.38. The molecular formula is C16H17ClN2O3. The normalized spacial score (nSPS) is 21.7. The van der Waals surface area contributed by atoms with Crippen molar-refractivity contribution in [3.8, 4) is 5.88 Å². The zero-order valence-electron chi connectivity index (χ0n) is 12.0. The highest BCUT2D eigenvalue weighted by molar-refractivity contribution is 6.30. The molecule has 0 radical (unpaired) electrons. The summed E-state index contributed by atoms with van der Waals surface area (Å²) in [5, 5.41) is 10.2. The highest BCUT2D eigenvalue weighted by Gasteiger charge is 2.26. The molecule has 6 heteroatoms. The first-order chi connectivity index (χ1) is 10.6. The van der Waals surface area contributed by atoms with Gasteiger partial charge in [-0.1, -0.05) is 11.6 Å². The van der Waals surface area contributed by atoms with Crippen LogP contribution < -0.4 is 4.74 Å². The minimum atomic E-state index is -0.687. The summed E-state index contributed by atoms with van der Waals surface area (Å²) in [5.41, 5.74) is 0.757. The molecule has 0 saturated heterocycles. The number of nitrogens with zero attached hydrogens (tertiary/aromatic N) is 2. The lowest BCUT2D eigenvalue weighted by Crippen LogP contribution is -2.24. The number of pyridine rings is 2. The molecule has 5 nitrogen and oxygen atoms in total. The van der Waals surface area contributed by atoms with Gasteiger partial charge in [0.15, 0.2) is 0 Å². The Morgan fingerprint density at radius 2 is 2.14 bits per heavy atom. The molecule has 1 saturated carbocycles. The molecule has 1 aliphatic carbocycles. The summed E-state index contributed by atoms with van der Waals surface area (Å²) < 4.78 is 5.85. The number of carboxylic acid groups (broad SMARTS) is 1. The van der Waals surface area contributed by atoms with Crippen molar-refractivity contribution in [3.05, 3.63) is 29.5 Å². The second-order valence-electron chi connectivity index (χ2n) is 5.69. The molecule has 2 heterocycles. The standard InChI is InChI=1S/C16H17ClN2O3/c17-14-8-13-12(2-1-7-18-13)15(19-14)22-9-10-3-5-11(6-4-10)16(20)21/h1-2,7-8,10-11H,3-6,9H2,(H,20,21)/t10-,11+. The Morgan fingerprint density at radius 1 is 1.36 bits per heavy atom. The summed E-state index contributed by atoms with van der Waals surface area (Å²) in [7, 11) is 0. The third-order valence-electron chi connectivity index (χ3n) is 4.18. The van der Waals surface area contributed by atoms with Crippen molar-refractivity contribution in [3.63, 3.8) is 0 Å². The van der Waals surface area contributed by atoms with Gasteiger partial charge in [0.2, 0.25) is 5.88 Å². The lowest BCUT2D eigenvalue weighted by molar-refractivity contribution is -0.143. The highest BCUT2D eigenvalue weighted by atomic mass is 35.5. The van der Waals surface area contributed by atoms with Crippen LogP contribution in [0.2, 0.25) is 5.15 Å². The zero-order chi connectivity index (χ0) is 15.5. The van der Waals surface area contributed by atoms with Crippen molar-refractivity contribution in [1.29, 1.82) is 0 Å². The molecule has 1 fully saturated rings. The number of aliphatic carboxylic acids is 1. The fourth-order valence-corrected chi connectivity index (χ4v) is 3.08. The van der Waals surface area contributed by atoms with Crippen molar-refractivity contribution in [1.82, 2.24) is 9.97 Å². The van der Waals surface area contributed by atoms with Crippen molar-refractivity contribution in [2.45, 2.75) is 25.7 Å². The van der Waals surface area contributed by atoms with Gasteiger partial charge in [0.1, 0.15) is 5.15 Å². The summed E-state index contributed by atoms with van der Waals surface area (Å²) in [6, 6.07) is 5.45. The Bertz CT molecular complexity index is 684. The van der Waals surface area contributed by atoms with Crippen LogP contribution in [0.5, 0.6) is 5.88 Å². The van der Waals surface area contributed by atoms with Crippen LogP contribution in [0.1, 0.15) is 25.7 Å². The molecule has 1 N–H and O–H groups in total. The number of fused-ring (bicyclic) bond motifs is 1. The van der Waals surface area contributed by atoms with Gasteiger partial charge >= 0.3 is 5.97 Å². The van der Waals surface area contributed by atoms with Crippen LogP contribution in [0, 0.1) is 11.8 Å². The van der Waals surface area contributed by atoms with Crippen molar-refractivity contribution < 1.29 is 14.6 Å². The van der Waals surface area contributed by atoms with E-state index in [9.17, 15) is 4.79 Å². The number of hydrogen-bond acceptors (Lipinski definition) is 4. The van der Waals surface area contributed by atoms with Crippen LogP contribution in [-0.4, -0.2) is 27.7 Å². The molecule has 0 aliphatic heterocycles. The first kappa shape index (κ1) is 15.0. The van der Waals surface area contributed by atoms with Crippen LogP contribution in [0.25, 0.3) is 10.9 Å². The minimum Gasteiger partial charge on any atom is -0.481 e. The summed E-state index contributed by atoms with van der Waals surface area (Å²) >= 11 is 6.00. The van der Waals surface area contributed by atoms with Crippen LogP contribution in [-0.2, 0) is 4.79 Å². The monoisotopic (exact) mass is 320 g/mol. The van der Waals surface area contributed by atoms with Crippen molar-refractivity contribution in [2.24, 2.45) is 11.8 Å². The molecule has 2 aromatic rings. The molecule has 0 amide bonds. The number of carboxylic acids is 1. The van der Waals surface area contributed by atoms with Gasteiger partial charge in [0, 0.05) is 12.3 Å². The maximum atomic E-state index is 11.0. The van der Waals surface area contributed by atoms with E-state index in [0.29, 0.717) is 36.4 Å². The van der Waals surface area contributed by atoms with E-state index in [2.05, 4.69) is 9.97 Å². The number of ether oxygens (including phenoxy) is 1. The van der Waals surface area contributed by atoms with Gasteiger partial charge in [-0.3, -0.25) is 9.78 Å². The van der Waals surface area contributed by atoms with Crippen LogP contribution in [0.3, 0.4) is 0 Å². The summed E-state index contributed by atoms with van der Waals surface area (Å²) in [6.07, 6.45) is 4.88. The van der Waals surface area contributed by atoms with E-state index in [1.54, 1.807) is 12.3 Å². The molecule has 1 aliphatic rings. The van der Waals surface area contributed by atoms with E-state index in [4.69, 9.17) is 21.4 Å². The number of carbonyl (C=O) groups is 1. The van der Waals surface area contributed by atoms with Crippen LogP contribution >= 0.6 is 11.6 Å². The fourth-order valence-electron chi connectivity index (χ4n) is 2.90. The quantitative estimate of drug-likeness (QED) is 0.872. The molecule has 116 valence electrons. The van der Waals surface area contributed by atoms with Crippen LogP contribution in [0.15, 0.2) is 24.4 Å². The van der Waals surface area contributed by atoms with Gasteiger partial charge in [-0.25, -0.2) is 4.98 Å². The van der Waals surface area contributed by atoms with Gasteiger partial charge in [-0.2, -0.15) is 0 Å². The van der Waals surface area contributed by atoms with Crippen molar-refractivity contribution >= 4 is 28.5 Å². The zero-order valence-corrected chi connectivity index (χ0v) is 12.8. The highest BCUT2D eigenvalue weighted by Crippen LogP contribution is 2.31. The van der Waals surface area contributed by atoms with E-state index >= 15 is 0 Å². The van der Waals surface area contributed by atoms with E-state index in [-0.39, 0.29) is 5.92 Å². The topological polar surface area (TPSA) is 72.3 Å². The summed E-state index contributed by atoms with van der Waals surface area (Å²) in [4.78, 5) is 19.5. The molecule has 2 aromatic heterocycles. The number of hydrogen-bond donors (Lipinski definition) is 1. The van der Waals surface area contributed by atoms with Gasteiger partial charge in [0.05, 0.1) is 23.4 Å². The lowest BCUT2D eigenvalue weighted by atomic mass is 9.82. The molecule has 0 bridgehead atoms. The van der Waals surface area contributed by atoms with E-state index in [1.165, 1.54) is 0 Å². The Kier molecular flexibility index (Phi) is 4.43. The third kappa shape index (κ3) is 3.30. The van der Waals surface area contributed by atoms with Gasteiger partial charge in [-0.15, -0.1) is 0 Å². The average molecular weight is 321 g/mol. The first-order valence-electron chi connectivity index (χ1n) is 7.40. The Hall–Kier alpha value is -1.88.